The Balaban J connectivity index is 1.66. The summed E-state index contributed by atoms with van der Waals surface area (Å²) in [5, 5.41) is 0.795. The van der Waals surface area contributed by atoms with Crippen molar-refractivity contribution in [1.82, 2.24) is 9.97 Å². The Morgan fingerprint density at radius 1 is 1.12 bits per heavy atom. The normalized spacial score (nSPS) is 11.1. The molecule has 0 bridgehead atoms. The molecule has 1 amide bonds. The molecule has 5 aromatic rings. The van der Waals surface area contributed by atoms with E-state index in [0.717, 1.165) is 10.3 Å². The number of nitrogens with zero attached hydrogens (tertiary/aromatic N) is 3. The molecular formula is C25H19N3O4S. The smallest absolute Gasteiger partial charge is 0.267 e. The van der Waals surface area contributed by atoms with E-state index < -0.39 is 5.91 Å². The minimum atomic E-state index is -0.504. The molecule has 164 valence electrons. The molecule has 3 heterocycles. The summed E-state index contributed by atoms with van der Waals surface area (Å²) < 4.78 is 12.0. The number of carbonyl (C=O) groups excluding carboxylic acids is 1. The van der Waals surface area contributed by atoms with E-state index in [0.29, 0.717) is 33.1 Å². The van der Waals surface area contributed by atoms with Gasteiger partial charge in [-0.05, 0) is 42.8 Å². The summed E-state index contributed by atoms with van der Waals surface area (Å²) in [7, 11) is 1.58. The van der Waals surface area contributed by atoms with Crippen molar-refractivity contribution in [2.75, 3.05) is 12.0 Å². The summed E-state index contributed by atoms with van der Waals surface area (Å²) in [4.78, 5) is 37.4. The molecule has 2 aromatic carbocycles. The van der Waals surface area contributed by atoms with Crippen LogP contribution >= 0.6 is 11.3 Å². The van der Waals surface area contributed by atoms with E-state index in [9.17, 15) is 9.59 Å². The molecule has 0 aliphatic carbocycles. The Hall–Kier alpha value is -4.04. The number of ether oxygens (including phenoxy) is 1. The van der Waals surface area contributed by atoms with Crippen molar-refractivity contribution in [1.29, 1.82) is 0 Å². The predicted octanol–water partition coefficient (Wildman–Crippen LogP) is 4.96. The second-order valence-electron chi connectivity index (χ2n) is 7.45. The summed E-state index contributed by atoms with van der Waals surface area (Å²) in [6.07, 6.45) is 2.88. The summed E-state index contributed by atoms with van der Waals surface area (Å²) in [5.74, 6) is 0.115. The third-order valence-electron chi connectivity index (χ3n) is 5.34. The number of fused-ring (bicyclic) bond motifs is 2. The fourth-order valence-electron chi connectivity index (χ4n) is 3.63. The number of rotatable bonds is 5. The Bertz CT molecular complexity index is 1540. The van der Waals surface area contributed by atoms with Crippen molar-refractivity contribution in [3.05, 3.63) is 94.1 Å². The molecule has 0 saturated heterocycles. The van der Waals surface area contributed by atoms with E-state index in [1.165, 1.54) is 22.5 Å². The lowest BCUT2D eigenvalue weighted by atomic mass is 10.1. The number of anilines is 1. The van der Waals surface area contributed by atoms with Crippen LogP contribution in [-0.4, -0.2) is 23.0 Å². The van der Waals surface area contributed by atoms with Crippen molar-refractivity contribution in [2.45, 2.75) is 13.5 Å². The van der Waals surface area contributed by atoms with E-state index in [1.54, 1.807) is 43.6 Å². The fourth-order valence-corrected chi connectivity index (χ4v) is 4.68. The van der Waals surface area contributed by atoms with Crippen LogP contribution in [0.25, 0.3) is 21.2 Å². The van der Waals surface area contributed by atoms with Crippen LogP contribution < -0.4 is 15.1 Å². The van der Waals surface area contributed by atoms with Crippen LogP contribution in [0.15, 0.2) is 76.3 Å². The average molecular weight is 458 g/mol. The van der Waals surface area contributed by atoms with Crippen LogP contribution in [0.5, 0.6) is 5.75 Å². The Kier molecular flexibility index (Phi) is 5.35. The molecule has 8 heteroatoms. The molecule has 0 aliphatic rings. The zero-order valence-corrected chi connectivity index (χ0v) is 18.8. The van der Waals surface area contributed by atoms with Gasteiger partial charge in [-0.2, -0.15) is 0 Å². The number of aromatic nitrogens is 2. The lowest BCUT2D eigenvalue weighted by molar-refractivity contribution is 0.0982. The molecule has 0 saturated carbocycles. The molecule has 0 spiro atoms. The van der Waals surface area contributed by atoms with Crippen LogP contribution in [0, 0.1) is 6.92 Å². The monoisotopic (exact) mass is 457 g/mol. The van der Waals surface area contributed by atoms with Gasteiger partial charge in [-0.15, -0.1) is 0 Å². The minimum absolute atomic E-state index is 0.0624. The lowest BCUT2D eigenvalue weighted by Gasteiger charge is -2.19. The average Bonchev–Trinajstić information content (AvgIpc) is 3.30. The number of hydrogen-bond acceptors (Lipinski definition) is 7. The highest BCUT2D eigenvalue weighted by Gasteiger charge is 2.26. The molecule has 3 aromatic heterocycles. The maximum Gasteiger partial charge on any atom is 0.267 e. The maximum absolute atomic E-state index is 13.7. The number of pyridine rings is 1. The SMILES string of the molecule is COc1ccc(C)c2sc(N(Cc3ccccn3)C(=O)c3coc4ccccc4c3=O)nc12. The number of benzene rings is 2. The number of para-hydroxylation sites is 1. The van der Waals surface area contributed by atoms with Crippen molar-refractivity contribution < 1.29 is 13.9 Å². The van der Waals surface area contributed by atoms with E-state index in [4.69, 9.17) is 14.1 Å². The maximum atomic E-state index is 13.7. The first-order valence-electron chi connectivity index (χ1n) is 10.2. The molecule has 33 heavy (non-hydrogen) atoms. The van der Waals surface area contributed by atoms with Crippen LogP contribution in [0.2, 0.25) is 0 Å². The fraction of sp³-hybridized carbons (Fsp3) is 0.120. The zero-order chi connectivity index (χ0) is 22.9. The van der Waals surface area contributed by atoms with Gasteiger partial charge in [-0.1, -0.05) is 35.6 Å². The van der Waals surface area contributed by atoms with Gasteiger partial charge in [0.15, 0.2) is 5.13 Å². The Labute approximate surface area is 192 Å². The van der Waals surface area contributed by atoms with Crippen LogP contribution in [0.3, 0.4) is 0 Å². The van der Waals surface area contributed by atoms with Crippen molar-refractivity contribution in [3.8, 4) is 5.75 Å². The predicted molar refractivity (Wildman–Crippen MR) is 128 cm³/mol. The lowest BCUT2D eigenvalue weighted by Crippen LogP contribution is -2.34. The molecule has 0 aliphatic heterocycles. The van der Waals surface area contributed by atoms with Gasteiger partial charge in [-0.3, -0.25) is 19.5 Å². The number of thiazole rings is 1. The molecule has 0 N–H and O–H groups in total. The Morgan fingerprint density at radius 2 is 1.94 bits per heavy atom. The first kappa shape index (κ1) is 20.8. The second kappa shape index (κ2) is 8.48. The van der Waals surface area contributed by atoms with E-state index in [-0.39, 0.29) is 17.5 Å². The molecule has 0 atom stereocenters. The van der Waals surface area contributed by atoms with Gasteiger partial charge >= 0.3 is 0 Å². The number of amides is 1. The van der Waals surface area contributed by atoms with Crippen molar-refractivity contribution >= 4 is 43.6 Å². The largest absolute Gasteiger partial charge is 0.494 e. The highest BCUT2D eigenvalue weighted by atomic mass is 32.1. The minimum Gasteiger partial charge on any atom is -0.494 e. The standard InChI is InChI=1S/C25H19N3O4S/c1-15-10-11-20(31-2)21-23(15)33-25(27-21)28(13-16-7-5-6-12-26-16)24(30)18-14-32-19-9-4-3-8-17(19)22(18)29/h3-12,14H,13H2,1-2H3. The van der Waals surface area contributed by atoms with Gasteiger partial charge in [0.2, 0.25) is 5.43 Å². The molecular weight excluding hydrogens is 438 g/mol. The number of aryl methyl sites for hydroxylation is 1. The summed E-state index contributed by atoms with van der Waals surface area (Å²) in [5.41, 5.74) is 2.33. The quantitative estimate of drug-likeness (QED) is 0.371. The third-order valence-corrected chi connectivity index (χ3v) is 6.56. The number of carbonyl (C=O) groups is 1. The number of methoxy groups -OCH3 is 1. The Morgan fingerprint density at radius 3 is 2.73 bits per heavy atom. The second-order valence-corrected chi connectivity index (χ2v) is 8.42. The molecule has 0 unspecified atom stereocenters. The molecule has 0 radical (unpaired) electrons. The van der Waals surface area contributed by atoms with Gasteiger partial charge in [0.05, 0.1) is 29.4 Å². The molecule has 5 rings (SSSR count). The van der Waals surface area contributed by atoms with Crippen LogP contribution in [0.1, 0.15) is 21.6 Å². The van der Waals surface area contributed by atoms with E-state index in [1.807, 2.05) is 31.2 Å². The highest BCUT2D eigenvalue weighted by molar-refractivity contribution is 7.22. The van der Waals surface area contributed by atoms with E-state index >= 15 is 0 Å². The van der Waals surface area contributed by atoms with Gasteiger partial charge in [0, 0.05) is 6.20 Å². The van der Waals surface area contributed by atoms with E-state index in [2.05, 4.69) is 4.98 Å². The summed E-state index contributed by atoms with van der Waals surface area (Å²) in [6, 6.07) is 16.1. The summed E-state index contributed by atoms with van der Waals surface area (Å²) >= 11 is 1.37. The number of hydrogen-bond donors (Lipinski definition) is 0. The van der Waals surface area contributed by atoms with Crippen LogP contribution in [-0.2, 0) is 6.54 Å². The van der Waals surface area contributed by atoms with Gasteiger partial charge in [0.25, 0.3) is 5.91 Å². The van der Waals surface area contributed by atoms with Crippen LogP contribution in [0.4, 0.5) is 5.13 Å². The zero-order valence-electron chi connectivity index (χ0n) is 17.9. The highest BCUT2D eigenvalue weighted by Crippen LogP contribution is 2.37. The molecule has 0 fully saturated rings. The third kappa shape index (κ3) is 3.74. The van der Waals surface area contributed by atoms with Crippen molar-refractivity contribution in [3.63, 3.8) is 0 Å². The van der Waals surface area contributed by atoms with Gasteiger partial charge in [0.1, 0.15) is 28.7 Å². The first-order valence-corrected chi connectivity index (χ1v) is 11.0. The summed E-state index contributed by atoms with van der Waals surface area (Å²) in [6.45, 7) is 2.12. The topological polar surface area (TPSA) is 85.5 Å². The molecule has 7 nitrogen and oxygen atoms in total. The first-order chi connectivity index (χ1) is 16.1. The van der Waals surface area contributed by atoms with Gasteiger partial charge in [-0.25, -0.2) is 4.98 Å². The van der Waals surface area contributed by atoms with Gasteiger partial charge < -0.3 is 9.15 Å². The van der Waals surface area contributed by atoms with Crippen molar-refractivity contribution in [2.24, 2.45) is 0 Å².